The first kappa shape index (κ1) is 51.3. The molecule has 0 saturated heterocycles. The lowest BCUT2D eigenvalue weighted by Crippen LogP contribution is -2.53. The van der Waals surface area contributed by atoms with Crippen LogP contribution in [0.15, 0.2) is 36.5 Å². The number of carbonyl (C=O) groups is 3. The fraction of sp³-hybridized carbons (Fsp3) is 0.625. The molecule has 0 bridgehead atoms. The van der Waals surface area contributed by atoms with E-state index in [2.05, 4.69) is 29.0 Å². The maximum atomic E-state index is 15.1. The Bertz CT molecular complexity index is 1450. The first-order valence-electron chi connectivity index (χ1n) is 12.7. The molecule has 0 aliphatic carbocycles. The number of hydrogen-bond donors (Lipinski definition) is 0. The van der Waals surface area contributed by atoms with Crippen LogP contribution < -0.4 is 0 Å². The van der Waals surface area contributed by atoms with Crippen molar-refractivity contribution in [1.82, 2.24) is 0 Å². The third-order valence-corrected chi connectivity index (χ3v) is 5.64. The van der Waals surface area contributed by atoms with Gasteiger partial charge in [0.1, 0.15) is 18.8 Å². The zero-order valence-corrected chi connectivity index (χ0v) is 25.6. The average Bonchev–Trinajstić information content (AvgIpc) is 3.01. The van der Waals surface area contributed by atoms with Crippen molar-refractivity contribution in [2.24, 2.45) is 0 Å². The Morgan fingerprint density at radius 2 is 0.764 bits per heavy atom. The van der Waals surface area contributed by atoms with Crippen LogP contribution in [0.4, 0.5) is 96.6 Å². The molecule has 31 heteroatoms. The Labute approximate surface area is 288 Å². The van der Waals surface area contributed by atoms with E-state index in [4.69, 9.17) is 0 Å². The molecule has 0 amide bonds. The van der Waals surface area contributed by atoms with Gasteiger partial charge in [-0.15, -0.1) is 0 Å². The molecular weight excluding hydrogens is 850 g/mol. The van der Waals surface area contributed by atoms with Crippen LogP contribution in [0.1, 0.15) is 0 Å². The number of halogens is 22. The molecule has 0 spiro atoms. The fourth-order valence-electron chi connectivity index (χ4n) is 2.44. The van der Waals surface area contributed by atoms with Crippen LogP contribution >= 0.6 is 0 Å². The Balaban J connectivity index is 6.23. The largest absolute Gasteiger partial charge is 0.455 e. The molecule has 320 valence electrons. The summed E-state index contributed by atoms with van der Waals surface area (Å²) >= 11 is 0. The van der Waals surface area contributed by atoms with Crippen molar-refractivity contribution >= 4 is 17.5 Å². The van der Waals surface area contributed by atoms with Crippen molar-refractivity contribution < 1.29 is 140 Å². The summed E-state index contributed by atoms with van der Waals surface area (Å²) in [4.78, 5) is 46.6. The summed E-state index contributed by atoms with van der Waals surface area (Å²) < 4.78 is 300. The van der Waals surface area contributed by atoms with Crippen molar-refractivity contribution in [3.05, 3.63) is 36.5 Å². The van der Waals surface area contributed by atoms with E-state index in [0.29, 0.717) is 0 Å². The van der Waals surface area contributed by atoms with Gasteiger partial charge >= 0.3 is 60.2 Å². The molecule has 0 rings (SSSR count). The maximum Gasteiger partial charge on any atom is 0.423 e. The number of carbonyl (C=O) groups excluding carboxylic acids is 3. The fourth-order valence-corrected chi connectivity index (χ4v) is 2.44. The molecular formula is C24H16F22O9. The Hall–Kier alpha value is -3.71. The minimum atomic E-state index is -6.52. The SMILES string of the molecule is C=C(C(=O)OCC(F)(F)C(F)(F)OCC(F)(COOCC(F)(F)C(F)(F)C(=O)C(=C)C(F)(F)F)OOCC(F)(F)C(F)(F)C(=O)C(=C)C(F)(F)F)C(F)(F)F. The zero-order valence-electron chi connectivity index (χ0n) is 25.6. The molecule has 0 aromatic carbocycles. The van der Waals surface area contributed by atoms with Gasteiger partial charge in [0.2, 0.25) is 11.6 Å². The summed E-state index contributed by atoms with van der Waals surface area (Å²) in [6, 6.07) is 0. The summed E-state index contributed by atoms with van der Waals surface area (Å²) in [5, 5.41) is 0. The highest BCUT2D eigenvalue weighted by Crippen LogP contribution is 2.42. The van der Waals surface area contributed by atoms with Crippen LogP contribution in [-0.4, -0.2) is 111 Å². The predicted octanol–water partition coefficient (Wildman–Crippen LogP) is 7.37. The first-order valence-corrected chi connectivity index (χ1v) is 12.7. The number of hydrogen-bond acceptors (Lipinski definition) is 9. The Kier molecular flexibility index (Phi) is 15.7. The number of allylic oxidation sites excluding steroid dienone is 2. The third kappa shape index (κ3) is 12.9. The number of ether oxygens (including phenoxy) is 2. The van der Waals surface area contributed by atoms with Crippen LogP contribution in [0.5, 0.6) is 0 Å². The van der Waals surface area contributed by atoms with E-state index in [1.807, 2.05) is 6.58 Å². The van der Waals surface area contributed by atoms with Gasteiger partial charge in [-0.3, -0.25) is 9.59 Å². The highest BCUT2D eigenvalue weighted by Gasteiger charge is 2.66. The molecule has 0 heterocycles. The van der Waals surface area contributed by atoms with E-state index in [1.165, 1.54) is 0 Å². The third-order valence-electron chi connectivity index (χ3n) is 5.64. The number of Topliss-reactive ketones (excluding diaryl/α,β-unsaturated/α-hetero) is 2. The molecule has 0 aliphatic heterocycles. The lowest BCUT2D eigenvalue weighted by molar-refractivity contribution is -0.466. The summed E-state index contributed by atoms with van der Waals surface area (Å²) in [5.41, 5.74) is -8.80. The molecule has 0 aromatic heterocycles. The van der Waals surface area contributed by atoms with E-state index in [1.54, 1.807) is 13.2 Å². The van der Waals surface area contributed by atoms with Crippen molar-refractivity contribution in [2.45, 2.75) is 60.1 Å². The van der Waals surface area contributed by atoms with Crippen molar-refractivity contribution in [2.75, 3.05) is 33.0 Å². The van der Waals surface area contributed by atoms with Crippen LogP contribution in [0, 0.1) is 0 Å². The van der Waals surface area contributed by atoms with Crippen molar-refractivity contribution in [1.29, 1.82) is 0 Å². The molecule has 0 aromatic rings. The maximum absolute atomic E-state index is 15.1. The normalized spacial score (nSPS) is 15.3. The molecule has 0 fully saturated rings. The van der Waals surface area contributed by atoms with Gasteiger partial charge in [-0.2, -0.15) is 97.1 Å². The number of rotatable bonds is 22. The monoisotopic (exact) mass is 866 g/mol. The molecule has 1 unspecified atom stereocenters. The van der Waals surface area contributed by atoms with Crippen LogP contribution in [-0.2, 0) is 43.4 Å². The van der Waals surface area contributed by atoms with Gasteiger partial charge in [-0.1, -0.05) is 19.7 Å². The van der Waals surface area contributed by atoms with Gasteiger partial charge in [0.25, 0.3) is 5.85 Å². The quantitative estimate of drug-likeness (QED) is 0.0276. The molecule has 0 saturated carbocycles. The first-order chi connectivity index (χ1) is 24.0. The molecule has 55 heavy (non-hydrogen) atoms. The summed E-state index contributed by atoms with van der Waals surface area (Å²) in [7, 11) is 0. The van der Waals surface area contributed by atoms with Crippen LogP contribution in [0.2, 0.25) is 0 Å². The van der Waals surface area contributed by atoms with Gasteiger partial charge in [0, 0.05) is 0 Å². The second-order valence-electron chi connectivity index (χ2n) is 9.98. The summed E-state index contributed by atoms with van der Waals surface area (Å²) in [5.74, 6) is -46.8. The summed E-state index contributed by atoms with van der Waals surface area (Å²) in [6.45, 7) is -9.94. The van der Waals surface area contributed by atoms with Crippen LogP contribution in [0.25, 0.3) is 0 Å². The van der Waals surface area contributed by atoms with Crippen molar-refractivity contribution in [3.63, 3.8) is 0 Å². The molecule has 0 N–H and O–H groups in total. The van der Waals surface area contributed by atoms with E-state index in [-0.39, 0.29) is 0 Å². The van der Waals surface area contributed by atoms with Gasteiger partial charge in [0.15, 0.2) is 19.8 Å². The standard InChI is InChI=1S/C24H16F22O9/c1-9(21(36,37)38)12(47)19(32,33)16(26,27)7-53-52-5-15(25,55-54-8-17(28,29)20(34,35)13(48)10(2)22(39,40)41)4-51-24(45,46)18(30,31)6-50-14(49)11(3)23(42,43)44/h1-8H2. The van der Waals surface area contributed by atoms with Gasteiger partial charge in [-0.25, -0.2) is 23.8 Å². The number of ketones is 2. The summed E-state index contributed by atoms with van der Waals surface area (Å²) in [6.07, 6.45) is -24.2. The molecule has 0 radical (unpaired) electrons. The van der Waals surface area contributed by atoms with Gasteiger partial charge < -0.3 is 9.47 Å². The van der Waals surface area contributed by atoms with E-state index in [9.17, 15) is 107 Å². The number of alkyl halides is 22. The highest BCUT2D eigenvalue weighted by atomic mass is 19.4. The zero-order chi connectivity index (χ0) is 44.2. The van der Waals surface area contributed by atoms with E-state index < -0.39 is 127 Å². The van der Waals surface area contributed by atoms with Gasteiger partial charge in [0.05, 0.1) is 11.1 Å². The second kappa shape index (κ2) is 16.8. The lowest BCUT2D eigenvalue weighted by Gasteiger charge is -2.30. The van der Waals surface area contributed by atoms with Crippen molar-refractivity contribution in [3.8, 4) is 0 Å². The van der Waals surface area contributed by atoms with Crippen LogP contribution in [0.3, 0.4) is 0 Å². The van der Waals surface area contributed by atoms with E-state index in [0.717, 1.165) is 0 Å². The molecule has 1 atom stereocenters. The number of esters is 1. The average molecular weight is 866 g/mol. The Morgan fingerprint density at radius 3 is 1.13 bits per heavy atom. The molecule has 0 aliphatic rings. The smallest absolute Gasteiger partial charge is 0.423 e. The highest BCUT2D eigenvalue weighted by molar-refractivity contribution is 6.02. The minimum absolute atomic E-state index is 1.78. The molecule has 9 nitrogen and oxygen atoms in total. The van der Waals surface area contributed by atoms with E-state index >= 15 is 4.39 Å². The Morgan fingerprint density at radius 1 is 0.418 bits per heavy atom. The lowest BCUT2D eigenvalue weighted by atomic mass is 10.0. The topological polar surface area (TPSA) is 107 Å². The second-order valence-corrected chi connectivity index (χ2v) is 9.98. The predicted molar refractivity (Wildman–Crippen MR) is 125 cm³/mol. The minimum Gasteiger partial charge on any atom is -0.455 e. The van der Waals surface area contributed by atoms with Gasteiger partial charge in [-0.05, 0) is 0 Å².